The van der Waals surface area contributed by atoms with Gasteiger partial charge in [0.15, 0.2) is 11.5 Å². The molecule has 2 fully saturated rings. The Kier molecular flexibility index (Phi) is 5.67. The van der Waals surface area contributed by atoms with Gasteiger partial charge in [-0.25, -0.2) is 0 Å². The lowest BCUT2D eigenvalue weighted by Gasteiger charge is -2.38. The van der Waals surface area contributed by atoms with Crippen LogP contribution < -0.4 is 9.47 Å². The van der Waals surface area contributed by atoms with Crippen molar-refractivity contribution in [3.8, 4) is 11.5 Å². The van der Waals surface area contributed by atoms with Gasteiger partial charge in [0, 0.05) is 38.8 Å². The summed E-state index contributed by atoms with van der Waals surface area (Å²) in [5, 5.41) is 0. The molecule has 1 aromatic carbocycles. The van der Waals surface area contributed by atoms with E-state index in [2.05, 4.69) is 40.8 Å². The zero-order valence-electron chi connectivity index (χ0n) is 16.4. The number of rotatable bonds is 5. The number of likely N-dealkylation sites (tertiary alicyclic amines) is 1. The second-order valence-electron chi connectivity index (χ2n) is 8.19. The van der Waals surface area contributed by atoms with Crippen molar-refractivity contribution in [1.29, 1.82) is 0 Å². The summed E-state index contributed by atoms with van der Waals surface area (Å²) in [5.74, 6) is 1.81. The topological polar surface area (TPSA) is 28.2 Å². The Morgan fingerprint density at radius 2 is 1.77 bits per heavy atom. The summed E-state index contributed by atoms with van der Waals surface area (Å²) in [5.41, 5.74) is 2.71. The first kappa shape index (κ1) is 18.1. The average Bonchev–Trinajstić information content (AvgIpc) is 3.09. The Morgan fingerprint density at radius 3 is 2.58 bits per heavy atom. The van der Waals surface area contributed by atoms with Crippen LogP contribution in [0.1, 0.15) is 36.8 Å². The van der Waals surface area contributed by atoms with E-state index in [-0.39, 0.29) is 0 Å². The van der Waals surface area contributed by atoms with Crippen LogP contribution in [0.25, 0.3) is 0 Å². The minimum Gasteiger partial charge on any atom is -0.454 e. The van der Waals surface area contributed by atoms with Gasteiger partial charge >= 0.3 is 0 Å². The van der Waals surface area contributed by atoms with E-state index in [1.54, 1.807) is 0 Å². The molecule has 0 amide bonds. The molecule has 0 N–H and O–H groups in total. The summed E-state index contributed by atoms with van der Waals surface area (Å²) in [4.78, 5) is 7.80. The molecule has 0 bridgehead atoms. The van der Waals surface area contributed by atoms with E-state index in [1.165, 1.54) is 76.1 Å². The second-order valence-corrected chi connectivity index (χ2v) is 8.19. The van der Waals surface area contributed by atoms with Gasteiger partial charge in [-0.15, -0.1) is 0 Å². The van der Waals surface area contributed by atoms with Gasteiger partial charge in [-0.1, -0.05) is 6.42 Å². The van der Waals surface area contributed by atoms with E-state index in [9.17, 15) is 0 Å². The van der Waals surface area contributed by atoms with Crippen LogP contribution in [0, 0.1) is 6.92 Å². The molecule has 0 aromatic heterocycles. The Labute approximate surface area is 157 Å². The number of hydrogen-bond acceptors (Lipinski definition) is 5. The third-order valence-electron chi connectivity index (χ3n) is 6.33. The first-order chi connectivity index (χ1) is 12.7. The first-order valence-electron chi connectivity index (χ1n) is 10.2. The molecule has 1 atom stereocenters. The Bertz CT molecular complexity index is 614. The number of piperazine rings is 1. The highest BCUT2D eigenvalue weighted by Crippen LogP contribution is 2.35. The van der Waals surface area contributed by atoms with Gasteiger partial charge in [0.2, 0.25) is 6.79 Å². The normalized spacial score (nSPS) is 24.9. The summed E-state index contributed by atoms with van der Waals surface area (Å²) in [6, 6.07) is 5.05. The van der Waals surface area contributed by atoms with Crippen LogP contribution in [-0.2, 0) is 6.54 Å². The third kappa shape index (κ3) is 4.16. The largest absolute Gasteiger partial charge is 0.454 e. The van der Waals surface area contributed by atoms with Crippen LogP contribution >= 0.6 is 0 Å². The maximum Gasteiger partial charge on any atom is 0.231 e. The van der Waals surface area contributed by atoms with Gasteiger partial charge in [0.05, 0.1) is 0 Å². The molecule has 144 valence electrons. The lowest BCUT2D eigenvalue weighted by Crippen LogP contribution is -2.47. The number of nitrogens with zero attached hydrogens (tertiary/aromatic N) is 3. The summed E-state index contributed by atoms with van der Waals surface area (Å²) >= 11 is 0. The molecule has 3 aliphatic heterocycles. The number of piperidine rings is 1. The van der Waals surface area contributed by atoms with Crippen molar-refractivity contribution in [1.82, 2.24) is 14.7 Å². The smallest absolute Gasteiger partial charge is 0.231 e. The quantitative estimate of drug-likeness (QED) is 0.806. The van der Waals surface area contributed by atoms with Crippen LogP contribution in [-0.4, -0.2) is 73.9 Å². The second kappa shape index (κ2) is 8.15. The number of benzene rings is 1. The standard InChI is InChI=1S/C21H33N3O2/c1-17-13-20-21(26-16-25-20)14-18(17)15-24-7-4-3-5-19(24)6-8-23-11-9-22(2)10-12-23/h13-14,19H,3-12,15-16H2,1-2H3. The van der Waals surface area contributed by atoms with E-state index in [4.69, 9.17) is 9.47 Å². The number of aryl methyl sites for hydroxylation is 1. The van der Waals surface area contributed by atoms with E-state index < -0.39 is 0 Å². The highest BCUT2D eigenvalue weighted by atomic mass is 16.7. The van der Waals surface area contributed by atoms with Crippen molar-refractivity contribution in [2.45, 2.75) is 45.2 Å². The fourth-order valence-electron chi connectivity index (χ4n) is 4.47. The summed E-state index contributed by atoms with van der Waals surface area (Å²) in [6.07, 6.45) is 5.35. The molecule has 5 heteroatoms. The Hall–Kier alpha value is -1.30. The van der Waals surface area contributed by atoms with Gasteiger partial charge in [0.25, 0.3) is 0 Å². The molecule has 1 aromatic rings. The maximum absolute atomic E-state index is 5.59. The number of fused-ring (bicyclic) bond motifs is 1. The van der Waals surface area contributed by atoms with Crippen molar-refractivity contribution in [2.75, 3.05) is 53.1 Å². The number of ether oxygens (including phenoxy) is 2. The predicted molar refractivity (Wildman–Crippen MR) is 104 cm³/mol. The molecule has 26 heavy (non-hydrogen) atoms. The van der Waals surface area contributed by atoms with Crippen LogP contribution in [0.3, 0.4) is 0 Å². The van der Waals surface area contributed by atoms with Crippen molar-refractivity contribution in [3.63, 3.8) is 0 Å². The van der Waals surface area contributed by atoms with Crippen LogP contribution in [0.4, 0.5) is 0 Å². The van der Waals surface area contributed by atoms with Crippen molar-refractivity contribution >= 4 is 0 Å². The molecule has 0 saturated carbocycles. The molecule has 3 aliphatic rings. The summed E-state index contributed by atoms with van der Waals surface area (Å²) < 4.78 is 11.1. The minimum atomic E-state index is 0.357. The molecule has 5 nitrogen and oxygen atoms in total. The monoisotopic (exact) mass is 359 g/mol. The van der Waals surface area contributed by atoms with Crippen molar-refractivity contribution in [3.05, 3.63) is 23.3 Å². The lowest BCUT2D eigenvalue weighted by molar-refractivity contribution is 0.101. The van der Waals surface area contributed by atoms with Crippen LogP contribution in [0.5, 0.6) is 11.5 Å². The fraction of sp³-hybridized carbons (Fsp3) is 0.714. The average molecular weight is 360 g/mol. The van der Waals surface area contributed by atoms with Gasteiger partial charge in [-0.05, 0) is 69.6 Å². The predicted octanol–water partition coefficient (Wildman–Crippen LogP) is 2.72. The lowest BCUT2D eigenvalue weighted by atomic mass is 9.97. The Balaban J connectivity index is 1.37. The molecular weight excluding hydrogens is 326 g/mol. The third-order valence-corrected chi connectivity index (χ3v) is 6.33. The zero-order valence-corrected chi connectivity index (χ0v) is 16.4. The molecule has 4 rings (SSSR count). The van der Waals surface area contributed by atoms with Gasteiger partial charge in [-0.2, -0.15) is 0 Å². The maximum atomic E-state index is 5.59. The minimum absolute atomic E-state index is 0.357. The zero-order chi connectivity index (χ0) is 17.9. The van der Waals surface area contributed by atoms with E-state index in [0.717, 1.165) is 18.0 Å². The molecule has 0 radical (unpaired) electrons. The highest BCUT2D eigenvalue weighted by Gasteiger charge is 2.25. The first-order valence-corrected chi connectivity index (χ1v) is 10.2. The van der Waals surface area contributed by atoms with Crippen LogP contribution in [0.15, 0.2) is 12.1 Å². The molecule has 3 heterocycles. The van der Waals surface area contributed by atoms with Gasteiger partial charge in [0.1, 0.15) is 0 Å². The fourth-order valence-corrected chi connectivity index (χ4v) is 4.47. The van der Waals surface area contributed by atoms with E-state index in [1.807, 2.05) is 0 Å². The summed E-state index contributed by atoms with van der Waals surface area (Å²) in [7, 11) is 2.23. The molecule has 2 saturated heterocycles. The Morgan fingerprint density at radius 1 is 1.00 bits per heavy atom. The SMILES string of the molecule is Cc1cc2c(cc1CN1CCCCC1CCN1CCN(C)CC1)OCO2. The van der Waals surface area contributed by atoms with Crippen LogP contribution in [0.2, 0.25) is 0 Å². The van der Waals surface area contributed by atoms with Gasteiger partial charge in [-0.3, -0.25) is 4.90 Å². The number of likely N-dealkylation sites (N-methyl/N-ethyl adjacent to an activating group) is 1. The van der Waals surface area contributed by atoms with Gasteiger partial charge < -0.3 is 19.3 Å². The highest BCUT2D eigenvalue weighted by molar-refractivity contribution is 5.48. The molecule has 0 spiro atoms. The molecule has 0 aliphatic carbocycles. The van der Waals surface area contributed by atoms with E-state index >= 15 is 0 Å². The van der Waals surface area contributed by atoms with Crippen molar-refractivity contribution < 1.29 is 9.47 Å². The van der Waals surface area contributed by atoms with E-state index in [0.29, 0.717) is 12.8 Å². The molecule has 1 unspecified atom stereocenters. The molecular formula is C21H33N3O2. The number of hydrogen-bond donors (Lipinski definition) is 0. The summed E-state index contributed by atoms with van der Waals surface area (Å²) in [6.45, 7) is 10.9. The van der Waals surface area contributed by atoms with Crippen molar-refractivity contribution in [2.24, 2.45) is 0 Å².